The Morgan fingerprint density at radius 3 is 2.08 bits per heavy atom. The lowest BCUT2D eigenvalue weighted by Crippen LogP contribution is -2.15. The van der Waals surface area contributed by atoms with Crippen LogP contribution in [0.5, 0.6) is 0 Å². The van der Waals surface area contributed by atoms with Gasteiger partial charge in [-0.3, -0.25) is 0 Å². The van der Waals surface area contributed by atoms with Gasteiger partial charge in [-0.05, 0) is 56.6 Å². The number of hydrogen-bond acceptors (Lipinski definition) is 2. The lowest BCUT2D eigenvalue weighted by Gasteiger charge is -2.22. The minimum atomic E-state index is -0.0708. The molecule has 0 N–H and O–H groups in total. The first-order valence-electron chi connectivity index (χ1n) is 13.5. The number of nitrogens with zero attached hydrogens (tertiary/aromatic N) is 2. The molecule has 39 heavy (non-hydrogen) atoms. The summed E-state index contributed by atoms with van der Waals surface area (Å²) in [5.41, 5.74) is 9.43. The van der Waals surface area contributed by atoms with Crippen molar-refractivity contribution in [1.29, 1.82) is 0 Å². The van der Waals surface area contributed by atoms with Gasteiger partial charge in [-0.15, -0.1) is 0 Å². The molecule has 0 bridgehead atoms. The summed E-state index contributed by atoms with van der Waals surface area (Å²) in [6, 6.07) is 43.5. The fourth-order valence-electron chi connectivity index (χ4n) is 6.39. The van der Waals surface area contributed by atoms with Gasteiger partial charge in [0.15, 0.2) is 5.82 Å². The highest BCUT2D eigenvalue weighted by Crippen LogP contribution is 2.49. The summed E-state index contributed by atoms with van der Waals surface area (Å²) in [5, 5.41) is 5.81. The van der Waals surface area contributed by atoms with Crippen LogP contribution in [0.2, 0.25) is 0 Å². The molecule has 0 fully saturated rings. The summed E-state index contributed by atoms with van der Waals surface area (Å²) in [4.78, 5) is 10.5. The summed E-state index contributed by atoms with van der Waals surface area (Å²) in [5.74, 6) is 0.752. The Kier molecular flexibility index (Phi) is 4.60. The Morgan fingerprint density at radius 2 is 1.18 bits per heavy atom. The van der Waals surface area contributed by atoms with Gasteiger partial charge < -0.3 is 0 Å². The number of benzene rings is 6. The van der Waals surface area contributed by atoms with Crippen LogP contribution in [0.1, 0.15) is 25.0 Å². The van der Waals surface area contributed by atoms with E-state index in [0.717, 1.165) is 38.9 Å². The molecule has 7 aromatic rings. The van der Waals surface area contributed by atoms with E-state index in [4.69, 9.17) is 9.97 Å². The molecule has 0 spiro atoms. The molecule has 1 aliphatic rings. The Bertz CT molecular complexity index is 2100. The van der Waals surface area contributed by atoms with Crippen molar-refractivity contribution in [1.82, 2.24) is 9.97 Å². The molecule has 6 aromatic carbocycles. The number of rotatable bonds is 2. The van der Waals surface area contributed by atoms with Crippen LogP contribution in [-0.2, 0) is 5.41 Å². The SMILES string of the molecule is CC1(C)c2ccccc2-c2ccc(-c3nc(-c4ccc5ccccc5c4)nc4c3ccc3ccccc34)cc21. The summed E-state index contributed by atoms with van der Waals surface area (Å²) >= 11 is 0. The average Bonchev–Trinajstić information content (AvgIpc) is 3.22. The van der Waals surface area contributed by atoms with Gasteiger partial charge in [0, 0.05) is 27.3 Å². The second kappa shape index (κ2) is 8.09. The van der Waals surface area contributed by atoms with Crippen LogP contribution in [-0.4, -0.2) is 9.97 Å². The van der Waals surface area contributed by atoms with Gasteiger partial charge >= 0.3 is 0 Å². The first kappa shape index (κ1) is 22.2. The molecule has 2 heteroatoms. The van der Waals surface area contributed by atoms with Crippen molar-refractivity contribution in [3.8, 4) is 33.8 Å². The summed E-state index contributed by atoms with van der Waals surface area (Å²) in [6.45, 7) is 4.65. The minimum Gasteiger partial charge on any atom is -0.227 e. The zero-order valence-electron chi connectivity index (χ0n) is 21.9. The number of hydrogen-bond donors (Lipinski definition) is 0. The van der Waals surface area contributed by atoms with E-state index in [1.807, 2.05) is 0 Å². The lowest BCUT2D eigenvalue weighted by molar-refractivity contribution is 0.660. The first-order valence-corrected chi connectivity index (χ1v) is 13.5. The van der Waals surface area contributed by atoms with E-state index in [1.165, 1.54) is 38.4 Å². The van der Waals surface area contributed by atoms with Gasteiger partial charge in [0.1, 0.15) is 0 Å². The maximum atomic E-state index is 5.27. The number of aromatic nitrogens is 2. The van der Waals surface area contributed by atoms with Crippen molar-refractivity contribution in [2.24, 2.45) is 0 Å². The molecule has 8 rings (SSSR count). The van der Waals surface area contributed by atoms with Crippen LogP contribution in [0.3, 0.4) is 0 Å². The van der Waals surface area contributed by atoms with Crippen LogP contribution in [0.25, 0.3) is 66.2 Å². The maximum absolute atomic E-state index is 5.27. The van der Waals surface area contributed by atoms with Crippen LogP contribution >= 0.6 is 0 Å². The van der Waals surface area contributed by atoms with E-state index >= 15 is 0 Å². The normalized spacial score (nSPS) is 13.6. The van der Waals surface area contributed by atoms with Gasteiger partial charge in [-0.2, -0.15) is 0 Å². The molecule has 1 heterocycles. The molecule has 0 saturated carbocycles. The predicted octanol–water partition coefficient (Wildman–Crippen LogP) is 9.58. The van der Waals surface area contributed by atoms with Gasteiger partial charge in [0.05, 0.1) is 11.2 Å². The lowest BCUT2D eigenvalue weighted by atomic mass is 9.81. The highest BCUT2D eigenvalue weighted by molar-refractivity contribution is 6.10. The smallest absolute Gasteiger partial charge is 0.160 e. The molecule has 0 atom stereocenters. The molecule has 1 aliphatic carbocycles. The van der Waals surface area contributed by atoms with E-state index in [2.05, 4.69) is 135 Å². The highest BCUT2D eigenvalue weighted by atomic mass is 14.9. The van der Waals surface area contributed by atoms with Crippen molar-refractivity contribution in [3.05, 3.63) is 132 Å². The van der Waals surface area contributed by atoms with Gasteiger partial charge in [0.25, 0.3) is 0 Å². The van der Waals surface area contributed by atoms with Crippen LogP contribution in [0.15, 0.2) is 121 Å². The molecule has 0 unspecified atom stereocenters. The summed E-state index contributed by atoms with van der Waals surface area (Å²) in [7, 11) is 0. The second-order valence-electron chi connectivity index (χ2n) is 11.1. The Hall–Kier alpha value is -4.82. The Labute approximate surface area is 227 Å². The molecule has 0 aliphatic heterocycles. The van der Waals surface area contributed by atoms with Crippen molar-refractivity contribution in [3.63, 3.8) is 0 Å². The van der Waals surface area contributed by atoms with E-state index in [9.17, 15) is 0 Å². The first-order chi connectivity index (χ1) is 19.1. The summed E-state index contributed by atoms with van der Waals surface area (Å²) in [6.07, 6.45) is 0. The Balaban J connectivity index is 1.41. The summed E-state index contributed by atoms with van der Waals surface area (Å²) < 4.78 is 0. The van der Waals surface area contributed by atoms with Gasteiger partial charge in [0.2, 0.25) is 0 Å². The van der Waals surface area contributed by atoms with Crippen LogP contribution in [0, 0.1) is 0 Å². The second-order valence-corrected chi connectivity index (χ2v) is 11.1. The fourth-order valence-corrected chi connectivity index (χ4v) is 6.39. The van der Waals surface area contributed by atoms with E-state index in [1.54, 1.807) is 0 Å². The third kappa shape index (κ3) is 3.28. The standard InChI is InChI=1S/C37H26N2/c1-37(2)32-14-8-7-13-29(32)30-19-18-26(22-33(30)37)34-31-20-17-24-10-5-6-12-28(24)35(31)39-36(38-34)27-16-15-23-9-3-4-11-25(23)21-27/h3-22H,1-2H3. The number of fused-ring (bicyclic) bond motifs is 7. The van der Waals surface area contributed by atoms with Gasteiger partial charge in [-0.1, -0.05) is 117 Å². The average molecular weight is 499 g/mol. The molecule has 184 valence electrons. The monoisotopic (exact) mass is 498 g/mol. The van der Waals surface area contributed by atoms with Crippen molar-refractivity contribution in [2.75, 3.05) is 0 Å². The maximum Gasteiger partial charge on any atom is 0.160 e. The van der Waals surface area contributed by atoms with Crippen molar-refractivity contribution < 1.29 is 0 Å². The van der Waals surface area contributed by atoms with Gasteiger partial charge in [-0.25, -0.2) is 9.97 Å². The van der Waals surface area contributed by atoms with Crippen molar-refractivity contribution >= 4 is 32.4 Å². The molecule has 1 aromatic heterocycles. The zero-order valence-corrected chi connectivity index (χ0v) is 21.9. The van der Waals surface area contributed by atoms with E-state index < -0.39 is 0 Å². The molecule has 2 nitrogen and oxygen atoms in total. The largest absolute Gasteiger partial charge is 0.227 e. The highest BCUT2D eigenvalue weighted by Gasteiger charge is 2.35. The third-order valence-electron chi connectivity index (χ3n) is 8.46. The molecule has 0 radical (unpaired) electrons. The van der Waals surface area contributed by atoms with Crippen LogP contribution < -0.4 is 0 Å². The van der Waals surface area contributed by atoms with Crippen LogP contribution in [0.4, 0.5) is 0 Å². The molecular formula is C37H26N2. The molecule has 0 saturated heterocycles. The quantitative estimate of drug-likeness (QED) is 0.222. The molecule has 0 amide bonds. The minimum absolute atomic E-state index is 0.0708. The predicted molar refractivity (Wildman–Crippen MR) is 163 cm³/mol. The third-order valence-corrected chi connectivity index (χ3v) is 8.46. The fraction of sp³-hybridized carbons (Fsp3) is 0.0811. The van der Waals surface area contributed by atoms with Crippen molar-refractivity contribution in [2.45, 2.75) is 19.3 Å². The Morgan fingerprint density at radius 1 is 0.487 bits per heavy atom. The van der Waals surface area contributed by atoms with E-state index in [-0.39, 0.29) is 5.41 Å². The molecular weight excluding hydrogens is 472 g/mol. The topological polar surface area (TPSA) is 25.8 Å². The van der Waals surface area contributed by atoms with E-state index in [0.29, 0.717) is 0 Å². The zero-order chi connectivity index (χ0) is 26.1.